The van der Waals surface area contributed by atoms with Gasteiger partial charge in [0.1, 0.15) is 12.4 Å². The molecule has 0 saturated heterocycles. The number of rotatable bonds is 4. The van der Waals surface area contributed by atoms with Crippen LogP contribution in [0.4, 0.5) is 0 Å². The molecule has 5 heteroatoms. The summed E-state index contributed by atoms with van der Waals surface area (Å²) < 4.78 is 5.67. The van der Waals surface area contributed by atoms with Crippen molar-refractivity contribution in [3.05, 3.63) is 64.2 Å². The summed E-state index contributed by atoms with van der Waals surface area (Å²) in [6.45, 7) is 2.32. The van der Waals surface area contributed by atoms with E-state index >= 15 is 0 Å². The Morgan fingerprint density at radius 3 is 2.80 bits per heavy atom. The van der Waals surface area contributed by atoms with Crippen LogP contribution in [0.3, 0.4) is 0 Å². The van der Waals surface area contributed by atoms with E-state index in [0.29, 0.717) is 22.9 Å². The van der Waals surface area contributed by atoms with Crippen molar-refractivity contribution >= 4 is 17.4 Å². The molecule has 2 rings (SSSR count). The molecule has 2 aromatic rings. The summed E-state index contributed by atoms with van der Waals surface area (Å²) in [7, 11) is 0. The van der Waals surface area contributed by atoms with Crippen LogP contribution in [0.15, 0.2) is 47.6 Å². The monoisotopic (exact) mass is 290 g/mol. The lowest BCUT2D eigenvalue weighted by Gasteiger charge is -2.09. The summed E-state index contributed by atoms with van der Waals surface area (Å²) >= 11 is 6.10. The van der Waals surface area contributed by atoms with Gasteiger partial charge in [0, 0.05) is 5.56 Å². The van der Waals surface area contributed by atoms with Gasteiger partial charge in [-0.1, -0.05) is 41.0 Å². The first-order valence-electron chi connectivity index (χ1n) is 6.06. The Bertz CT molecular complexity index is 642. The number of benzene rings is 2. The highest BCUT2D eigenvalue weighted by Crippen LogP contribution is 2.26. The number of nitrogens with zero attached hydrogens (tertiary/aromatic N) is 1. The van der Waals surface area contributed by atoms with Crippen molar-refractivity contribution in [2.45, 2.75) is 13.5 Å². The van der Waals surface area contributed by atoms with E-state index in [-0.39, 0.29) is 5.84 Å². The molecular formula is C15H15ClN2O2. The number of nitrogens with two attached hydrogens (primary N) is 1. The Morgan fingerprint density at radius 1 is 1.30 bits per heavy atom. The maximum absolute atomic E-state index is 8.66. The molecule has 0 fully saturated rings. The van der Waals surface area contributed by atoms with Gasteiger partial charge in [-0.15, -0.1) is 0 Å². The van der Waals surface area contributed by atoms with E-state index in [1.54, 1.807) is 12.1 Å². The van der Waals surface area contributed by atoms with E-state index in [4.69, 9.17) is 27.3 Å². The van der Waals surface area contributed by atoms with Crippen LogP contribution in [0.25, 0.3) is 0 Å². The first-order valence-corrected chi connectivity index (χ1v) is 6.43. The maximum Gasteiger partial charge on any atom is 0.170 e. The molecule has 0 radical (unpaired) electrons. The molecule has 0 spiro atoms. The molecule has 2 aromatic carbocycles. The van der Waals surface area contributed by atoms with Gasteiger partial charge in [-0.3, -0.25) is 0 Å². The summed E-state index contributed by atoms with van der Waals surface area (Å²) in [4.78, 5) is 0. The quantitative estimate of drug-likeness (QED) is 0.393. The fraction of sp³-hybridized carbons (Fsp3) is 0.133. The molecule has 0 aliphatic rings. The van der Waals surface area contributed by atoms with Crippen LogP contribution in [0.2, 0.25) is 5.02 Å². The number of hydrogen-bond acceptors (Lipinski definition) is 3. The summed E-state index contributed by atoms with van der Waals surface area (Å²) in [6.07, 6.45) is 0. The second-order valence-corrected chi connectivity index (χ2v) is 4.82. The zero-order chi connectivity index (χ0) is 14.5. The molecule has 4 nitrogen and oxygen atoms in total. The van der Waals surface area contributed by atoms with Gasteiger partial charge in [-0.2, -0.15) is 0 Å². The third-order valence-corrected chi connectivity index (χ3v) is 3.11. The second kappa shape index (κ2) is 6.30. The van der Waals surface area contributed by atoms with E-state index in [0.717, 1.165) is 11.1 Å². The van der Waals surface area contributed by atoms with Gasteiger partial charge >= 0.3 is 0 Å². The molecule has 0 heterocycles. The Kier molecular flexibility index (Phi) is 4.48. The van der Waals surface area contributed by atoms with Crippen molar-refractivity contribution < 1.29 is 9.94 Å². The van der Waals surface area contributed by atoms with Gasteiger partial charge in [0.25, 0.3) is 0 Å². The molecule has 104 valence electrons. The topological polar surface area (TPSA) is 67.8 Å². The van der Waals surface area contributed by atoms with Gasteiger partial charge < -0.3 is 15.7 Å². The average molecular weight is 291 g/mol. The number of ether oxygens (including phenoxy) is 1. The molecular weight excluding hydrogens is 276 g/mol. The van der Waals surface area contributed by atoms with Crippen LogP contribution >= 0.6 is 11.6 Å². The molecule has 0 saturated carbocycles. The van der Waals surface area contributed by atoms with Crippen LogP contribution in [0.5, 0.6) is 5.75 Å². The van der Waals surface area contributed by atoms with Gasteiger partial charge in [0.2, 0.25) is 0 Å². The maximum atomic E-state index is 8.66. The second-order valence-electron chi connectivity index (χ2n) is 4.41. The molecule has 0 aromatic heterocycles. The van der Waals surface area contributed by atoms with E-state index in [9.17, 15) is 0 Å². The van der Waals surface area contributed by atoms with E-state index < -0.39 is 0 Å². The van der Waals surface area contributed by atoms with Crippen molar-refractivity contribution in [2.24, 2.45) is 10.9 Å². The van der Waals surface area contributed by atoms with Gasteiger partial charge in [-0.05, 0) is 36.2 Å². The number of aryl methyl sites for hydroxylation is 1. The predicted octanol–water partition coefficient (Wildman–Crippen LogP) is 3.32. The Morgan fingerprint density at radius 2 is 2.10 bits per heavy atom. The van der Waals surface area contributed by atoms with Gasteiger partial charge in [-0.25, -0.2) is 0 Å². The zero-order valence-electron chi connectivity index (χ0n) is 11.0. The van der Waals surface area contributed by atoms with Crippen LogP contribution < -0.4 is 10.5 Å². The molecule has 3 N–H and O–H groups in total. The molecule has 0 aliphatic heterocycles. The lowest BCUT2D eigenvalue weighted by molar-refractivity contribution is 0.306. The molecule has 0 bridgehead atoms. The third kappa shape index (κ3) is 3.42. The Balaban J connectivity index is 2.11. The molecule has 20 heavy (non-hydrogen) atoms. The summed E-state index contributed by atoms with van der Waals surface area (Å²) in [5.41, 5.74) is 8.18. The highest BCUT2D eigenvalue weighted by Gasteiger charge is 2.04. The lowest BCUT2D eigenvalue weighted by Crippen LogP contribution is -2.13. The van der Waals surface area contributed by atoms with Crippen molar-refractivity contribution in [3.8, 4) is 5.75 Å². The van der Waals surface area contributed by atoms with Crippen LogP contribution in [0.1, 0.15) is 16.7 Å². The van der Waals surface area contributed by atoms with Crippen molar-refractivity contribution in [1.29, 1.82) is 0 Å². The van der Waals surface area contributed by atoms with Crippen molar-refractivity contribution in [1.82, 2.24) is 0 Å². The summed E-state index contributed by atoms with van der Waals surface area (Å²) in [5, 5.41) is 12.2. The van der Waals surface area contributed by atoms with Crippen molar-refractivity contribution in [3.63, 3.8) is 0 Å². The minimum atomic E-state index is 0.0696. The first-order chi connectivity index (χ1) is 9.60. The van der Waals surface area contributed by atoms with Crippen LogP contribution in [0, 0.1) is 6.92 Å². The minimum Gasteiger partial charge on any atom is -0.487 e. The summed E-state index contributed by atoms with van der Waals surface area (Å²) in [6, 6.07) is 12.9. The SMILES string of the molecule is Cc1ccc(OCc2cccc(C(N)=NO)c2)c(Cl)c1. The third-order valence-electron chi connectivity index (χ3n) is 2.81. The number of halogens is 1. The predicted molar refractivity (Wildman–Crippen MR) is 79.5 cm³/mol. The number of oxime groups is 1. The minimum absolute atomic E-state index is 0.0696. The Labute approximate surface area is 122 Å². The standard InChI is InChI=1S/C15H15ClN2O2/c1-10-5-6-14(13(16)7-10)20-9-11-3-2-4-12(8-11)15(17)18-19/h2-8,19H,9H2,1H3,(H2,17,18). The molecule has 0 amide bonds. The number of amidine groups is 1. The summed E-state index contributed by atoms with van der Waals surface area (Å²) in [5.74, 6) is 0.701. The van der Waals surface area contributed by atoms with E-state index in [1.165, 1.54) is 0 Å². The fourth-order valence-electron chi connectivity index (χ4n) is 1.76. The highest BCUT2D eigenvalue weighted by molar-refractivity contribution is 6.32. The Hall–Kier alpha value is -2.20. The normalized spacial score (nSPS) is 11.4. The average Bonchev–Trinajstić information content (AvgIpc) is 2.46. The lowest BCUT2D eigenvalue weighted by atomic mass is 10.1. The van der Waals surface area contributed by atoms with Gasteiger partial charge in [0.05, 0.1) is 5.02 Å². The zero-order valence-corrected chi connectivity index (χ0v) is 11.8. The van der Waals surface area contributed by atoms with Crippen LogP contribution in [-0.4, -0.2) is 11.0 Å². The first kappa shape index (κ1) is 14.2. The molecule has 0 unspecified atom stereocenters. The largest absolute Gasteiger partial charge is 0.487 e. The molecule has 0 aliphatic carbocycles. The van der Waals surface area contributed by atoms with Gasteiger partial charge in [0.15, 0.2) is 5.84 Å². The van der Waals surface area contributed by atoms with Crippen molar-refractivity contribution in [2.75, 3.05) is 0 Å². The van der Waals surface area contributed by atoms with E-state index in [1.807, 2.05) is 37.3 Å². The number of hydrogen-bond donors (Lipinski definition) is 2. The fourth-order valence-corrected chi connectivity index (χ4v) is 2.05. The van der Waals surface area contributed by atoms with E-state index in [2.05, 4.69) is 5.16 Å². The van der Waals surface area contributed by atoms with Crippen LogP contribution in [-0.2, 0) is 6.61 Å². The smallest absolute Gasteiger partial charge is 0.170 e. The molecule has 0 atom stereocenters. The highest BCUT2D eigenvalue weighted by atomic mass is 35.5.